The molecule has 16 heavy (non-hydrogen) atoms. The Morgan fingerprint density at radius 1 is 1.38 bits per heavy atom. The quantitative estimate of drug-likeness (QED) is 0.684. The van der Waals surface area contributed by atoms with Gasteiger partial charge in [-0.15, -0.1) is 0 Å². The summed E-state index contributed by atoms with van der Waals surface area (Å²) in [7, 11) is 0. The van der Waals surface area contributed by atoms with Gasteiger partial charge in [-0.1, -0.05) is 0 Å². The van der Waals surface area contributed by atoms with Crippen LogP contribution in [0, 0.1) is 5.92 Å². The maximum atomic E-state index is 12.0. The highest BCUT2D eigenvalue weighted by molar-refractivity contribution is 5.69. The highest BCUT2D eigenvalue weighted by Crippen LogP contribution is 2.34. The molecule has 0 aromatic heterocycles. The molecule has 3 rings (SSSR count). The van der Waals surface area contributed by atoms with E-state index < -0.39 is 5.60 Å². The van der Waals surface area contributed by atoms with E-state index in [1.165, 1.54) is 0 Å². The van der Waals surface area contributed by atoms with Crippen LogP contribution in [-0.4, -0.2) is 35.2 Å². The van der Waals surface area contributed by atoms with E-state index in [-0.39, 0.29) is 12.1 Å². The lowest BCUT2D eigenvalue weighted by Gasteiger charge is -2.48. The summed E-state index contributed by atoms with van der Waals surface area (Å²) >= 11 is 0. The van der Waals surface area contributed by atoms with Crippen molar-refractivity contribution in [2.75, 3.05) is 6.54 Å². The van der Waals surface area contributed by atoms with Gasteiger partial charge in [0, 0.05) is 18.6 Å². The highest BCUT2D eigenvalue weighted by atomic mass is 16.6. The number of hydrogen-bond donors (Lipinski definition) is 1. The lowest BCUT2D eigenvalue weighted by Crippen LogP contribution is -2.59. The van der Waals surface area contributed by atoms with Crippen molar-refractivity contribution in [2.24, 2.45) is 11.7 Å². The molecule has 2 aliphatic heterocycles. The minimum Gasteiger partial charge on any atom is -0.444 e. The Kier molecular flexibility index (Phi) is 2.86. The Morgan fingerprint density at radius 3 is 2.50 bits per heavy atom. The average Bonchev–Trinajstić information content (AvgIpc) is 2.15. The van der Waals surface area contributed by atoms with Gasteiger partial charge >= 0.3 is 6.09 Å². The van der Waals surface area contributed by atoms with Crippen molar-refractivity contribution in [3.05, 3.63) is 0 Å². The summed E-state index contributed by atoms with van der Waals surface area (Å²) in [6.45, 7) is 6.48. The fraction of sp³-hybridized carbons (Fsp3) is 0.917. The predicted molar refractivity (Wildman–Crippen MR) is 62.0 cm³/mol. The molecule has 4 nitrogen and oxygen atoms in total. The first-order chi connectivity index (χ1) is 7.37. The minimum absolute atomic E-state index is 0.172. The van der Waals surface area contributed by atoms with Gasteiger partial charge in [-0.2, -0.15) is 0 Å². The number of ether oxygens (including phenoxy) is 1. The normalized spacial score (nSPS) is 34.0. The highest BCUT2D eigenvalue weighted by Gasteiger charge is 2.42. The fourth-order valence-electron chi connectivity index (χ4n) is 2.70. The summed E-state index contributed by atoms with van der Waals surface area (Å²) in [5.41, 5.74) is 5.62. The number of carbonyl (C=O) groups is 1. The van der Waals surface area contributed by atoms with Crippen LogP contribution in [-0.2, 0) is 4.74 Å². The molecule has 0 spiro atoms. The van der Waals surface area contributed by atoms with Crippen LogP contribution in [0.25, 0.3) is 0 Å². The van der Waals surface area contributed by atoms with E-state index in [4.69, 9.17) is 10.5 Å². The molecule has 2 N–H and O–H groups in total. The van der Waals surface area contributed by atoms with Crippen LogP contribution in [0.5, 0.6) is 0 Å². The number of nitrogens with zero attached hydrogens (tertiary/aromatic N) is 1. The van der Waals surface area contributed by atoms with Crippen molar-refractivity contribution in [3.8, 4) is 0 Å². The van der Waals surface area contributed by atoms with E-state index in [1.807, 2.05) is 25.7 Å². The Bertz CT molecular complexity index is 285. The van der Waals surface area contributed by atoms with Crippen LogP contribution in [0.2, 0.25) is 0 Å². The minimum atomic E-state index is -0.407. The van der Waals surface area contributed by atoms with Crippen LogP contribution in [0.15, 0.2) is 0 Å². The number of rotatable bonds is 0. The van der Waals surface area contributed by atoms with E-state index in [2.05, 4.69) is 0 Å². The molecule has 3 aliphatic rings. The zero-order valence-corrected chi connectivity index (χ0v) is 10.4. The molecule has 3 atom stereocenters. The molecule has 0 aromatic rings. The van der Waals surface area contributed by atoms with E-state index in [0.29, 0.717) is 12.0 Å². The van der Waals surface area contributed by atoms with E-state index in [0.717, 1.165) is 25.8 Å². The molecule has 2 bridgehead atoms. The predicted octanol–water partition coefficient (Wildman–Crippen LogP) is 1.73. The smallest absolute Gasteiger partial charge is 0.410 e. The molecule has 1 aliphatic carbocycles. The van der Waals surface area contributed by atoms with Gasteiger partial charge in [-0.25, -0.2) is 4.79 Å². The average molecular weight is 226 g/mol. The van der Waals surface area contributed by atoms with Crippen LogP contribution < -0.4 is 5.73 Å². The van der Waals surface area contributed by atoms with E-state index in [1.54, 1.807) is 0 Å². The molecule has 3 fully saturated rings. The maximum Gasteiger partial charge on any atom is 0.410 e. The molecule has 2 heterocycles. The number of piperidine rings is 2. The van der Waals surface area contributed by atoms with Gasteiger partial charge in [-0.05, 0) is 46.0 Å². The van der Waals surface area contributed by atoms with E-state index in [9.17, 15) is 4.79 Å². The second-order valence-electron chi connectivity index (χ2n) is 6.02. The summed E-state index contributed by atoms with van der Waals surface area (Å²) in [5.74, 6) is 0.470. The van der Waals surface area contributed by atoms with Crippen LogP contribution in [0.3, 0.4) is 0 Å². The van der Waals surface area contributed by atoms with Crippen molar-refractivity contribution >= 4 is 6.09 Å². The topological polar surface area (TPSA) is 55.6 Å². The third-order valence-corrected chi connectivity index (χ3v) is 3.52. The zero-order chi connectivity index (χ0) is 11.9. The fourth-order valence-corrected chi connectivity index (χ4v) is 2.70. The lowest BCUT2D eigenvalue weighted by molar-refractivity contribution is -0.0170. The van der Waals surface area contributed by atoms with Crippen LogP contribution in [0.1, 0.15) is 40.0 Å². The van der Waals surface area contributed by atoms with Crippen LogP contribution >= 0.6 is 0 Å². The first kappa shape index (κ1) is 11.7. The van der Waals surface area contributed by atoms with Crippen molar-refractivity contribution in [3.63, 3.8) is 0 Å². The number of nitrogens with two attached hydrogens (primary N) is 1. The third kappa shape index (κ3) is 2.32. The van der Waals surface area contributed by atoms with Crippen molar-refractivity contribution < 1.29 is 9.53 Å². The van der Waals surface area contributed by atoms with Crippen LogP contribution in [0.4, 0.5) is 4.79 Å². The standard InChI is InChI=1S/C12H22N2O2/c1-12(2,3)16-11(15)14-7-8-4-5-9(14)6-10(8)13/h8-10H,4-7,13H2,1-3H3/t8-,9-,10-/m0/s1. The molecule has 0 radical (unpaired) electrons. The Morgan fingerprint density at radius 2 is 2.06 bits per heavy atom. The summed E-state index contributed by atoms with van der Waals surface area (Å²) in [4.78, 5) is 13.9. The Hall–Kier alpha value is -0.770. The number of fused-ring (bicyclic) bond motifs is 3. The Labute approximate surface area is 97.1 Å². The molecule has 92 valence electrons. The van der Waals surface area contributed by atoms with Gasteiger partial charge in [0.05, 0.1) is 0 Å². The van der Waals surface area contributed by atoms with Crippen molar-refractivity contribution in [1.29, 1.82) is 0 Å². The van der Waals surface area contributed by atoms with Gasteiger partial charge in [0.25, 0.3) is 0 Å². The molecule has 4 heteroatoms. The second kappa shape index (κ2) is 3.91. The van der Waals surface area contributed by atoms with Crippen molar-refractivity contribution in [2.45, 2.75) is 57.7 Å². The molecule has 0 aromatic carbocycles. The molecular weight excluding hydrogens is 204 g/mol. The first-order valence-corrected chi connectivity index (χ1v) is 6.12. The SMILES string of the molecule is CC(C)(C)OC(=O)N1C[C@@H]2CC[C@H]1C[C@@H]2N. The molecule has 2 saturated heterocycles. The molecule has 0 unspecified atom stereocenters. The molecule has 1 saturated carbocycles. The maximum absolute atomic E-state index is 12.0. The monoisotopic (exact) mass is 226 g/mol. The zero-order valence-electron chi connectivity index (χ0n) is 10.4. The van der Waals surface area contributed by atoms with Gasteiger partial charge in [0.1, 0.15) is 5.60 Å². The van der Waals surface area contributed by atoms with Crippen molar-refractivity contribution in [1.82, 2.24) is 4.90 Å². The second-order valence-corrected chi connectivity index (χ2v) is 6.02. The van der Waals surface area contributed by atoms with Gasteiger partial charge in [0.2, 0.25) is 0 Å². The number of amides is 1. The van der Waals surface area contributed by atoms with Gasteiger partial charge in [0.15, 0.2) is 0 Å². The van der Waals surface area contributed by atoms with Gasteiger partial charge < -0.3 is 15.4 Å². The first-order valence-electron chi connectivity index (χ1n) is 6.12. The Balaban J connectivity index is 1.99. The lowest BCUT2D eigenvalue weighted by atomic mass is 9.77. The summed E-state index contributed by atoms with van der Waals surface area (Å²) in [6.07, 6.45) is 3.00. The summed E-state index contributed by atoms with van der Waals surface area (Å²) in [5, 5.41) is 0. The van der Waals surface area contributed by atoms with E-state index >= 15 is 0 Å². The summed E-state index contributed by atoms with van der Waals surface area (Å²) < 4.78 is 5.41. The molecule has 1 amide bonds. The largest absolute Gasteiger partial charge is 0.444 e. The summed E-state index contributed by atoms with van der Waals surface area (Å²) in [6, 6.07) is 0.576. The van der Waals surface area contributed by atoms with Gasteiger partial charge in [-0.3, -0.25) is 0 Å². The number of hydrogen-bond acceptors (Lipinski definition) is 3. The number of carbonyl (C=O) groups excluding carboxylic acids is 1. The molecular formula is C12H22N2O2. The third-order valence-electron chi connectivity index (χ3n) is 3.52.